The van der Waals surface area contributed by atoms with Gasteiger partial charge in [-0.3, -0.25) is 4.79 Å². The van der Waals surface area contributed by atoms with E-state index in [-0.39, 0.29) is 40.1 Å². The zero-order valence-corrected chi connectivity index (χ0v) is 32.4. The fourth-order valence-electron chi connectivity index (χ4n) is 14.3. The summed E-state index contributed by atoms with van der Waals surface area (Å²) in [6.07, 6.45) is 19.0. The third kappa shape index (κ3) is 5.37. The van der Waals surface area contributed by atoms with Crippen LogP contribution >= 0.6 is 0 Å². The number of hydrogen-bond acceptors (Lipinski definition) is 3. The summed E-state index contributed by atoms with van der Waals surface area (Å²) < 4.78 is 20.9. The molecule has 4 fully saturated rings. The van der Waals surface area contributed by atoms with Gasteiger partial charge in [0.1, 0.15) is 24.1 Å². The highest BCUT2D eigenvalue weighted by atomic mass is 19.1. The van der Waals surface area contributed by atoms with E-state index < -0.39 is 17.2 Å². The average Bonchev–Trinajstić information content (AvgIpc) is 3.45. The quantitative estimate of drug-likeness (QED) is 0.155. The minimum absolute atomic E-state index is 0.0320. The van der Waals surface area contributed by atoms with Crippen LogP contribution in [-0.4, -0.2) is 12.3 Å². The topological polar surface area (TPSA) is 43.4 Å². The van der Waals surface area contributed by atoms with Crippen LogP contribution < -0.4 is 0 Å². The Morgan fingerprint density at radius 1 is 0.882 bits per heavy atom. The van der Waals surface area contributed by atoms with Gasteiger partial charge in [0.25, 0.3) is 0 Å². The van der Waals surface area contributed by atoms with E-state index in [9.17, 15) is 9.59 Å². The van der Waals surface area contributed by atoms with Gasteiger partial charge in [-0.2, -0.15) is 0 Å². The summed E-state index contributed by atoms with van der Waals surface area (Å²) in [5.41, 5.74) is 4.02. The number of allylic oxidation sites excluding steroid dienone is 5. The minimum atomic E-state index is -1.32. The molecule has 0 N–H and O–H groups in total. The van der Waals surface area contributed by atoms with Crippen LogP contribution in [0.1, 0.15) is 131 Å². The lowest BCUT2D eigenvalue weighted by molar-refractivity contribution is -0.225. The molecule has 3 nitrogen and oxygen atoms in total. The molecule has 7 rings (SSSR count). The van der Waals surface area contributed by atoms with Crippen LogP contribution in [0.15, 0.2) is 78.2 Å². The van der Waals surface area contributed by atoms with Gasteiger partial charge in [-0.25, -0.2) is 4.39 Å². The second kappa shape index (κ2) is 12.7. The fraction of sp³-hybridized carbons (Fsp3) is 0.660. The van der Waals surface area contributed by atoms with E-state index in [2.05, 4.69) is 66.9 Å². The Bertz CT molecular complexity index is 1650. The molecule has 0 aromatic heterocycles. The zero-order valence-electron chi connectivity index (χ0n) is 32.4. The van der Waals surface area contributed by atoms with Crippen molar-refractivity contribution in [2.24, 2.45) is 62.1 Å². The first-order valence-corrected chi connectivity index (χ1v) is 20.1. The summed E-state index contributed by atoms with van der Waals surface area (Å²) in [6, 6.07) is 9.58. The molecule has 10 unspecified atom stereocenters. The Labute approximate surface area is 307 Å². The molecular weight excluding hydrogens is 632 g/mol. The normalized spacial score (nSPS) is 42.5. The van der Waals surface area contributed by atoms with Crippen molar-refractivity contribution in [1.82, 2.24) is 0 Å². The number of rotatable bonds is 8. The van der Waals surface area contributed by atoms with Gasteiger partial charge in [0.05, 0.1) is 0 Å². The van der Waals surface area contributed by atoms with Crippen LogP contribution in [0.2, 0.25) is 0 Å². The molecule has 0 heterocycles. The Kier molecular flexibility index (Phi) is 9.11. The molecule has 0 spiro atoms. The monoisotopic (exact) mass is 694 g/mol. The number of hydrogen-bond donors (Lipinski definition) is 0. The number of carbonyl (C=O) groups excluding carboxylic acids is 2. The van der Waals surface area contributed by atoms with E-state index in [1.165, 1.54) is 61.5 Å². The predicted molar refractivity (Wildman–Crippen MR) is 204 cm³/mol. The molecule has 1 aromatic carbocycles. The standard InChI is InChI=1S/C47H63FO3/c1-31(2)28-35-16-23-46(30-49)27-26-44(7)37(40(35)46)14-15-39-43(6)21-19-36(42(4,5)38(43)20-22-45(39,44)8)34-17-24-47(25-18-34,32(3)48)41(50)51-29-33-12-10-9-11-13-33/h9-13,17,19,30,35,37-40H,1,3,14-16,18,20-29H2,2,4-8H3. The Hall–Kier alpha value is -2.75. The Morgan fingerprint density at radius 2 is 1.63 bits per heavy atom. The summed E-state index contributed by atoms with van der Waals surface area (Å²) in [7, 11) is 0. The number of carbonyl (C=O) groups is 2. The highest BCUT2D eigenvalue weighted by Crippen LogP contribution is 2.77. The van der Waals surface area contributed by atoms with Gasteiger partial charge in [-0.15, -0.1) is 6.58 Å². The minimum Gasteiger partial charge on any atom is -0.460 e. The number of esters is 1. The third-order valence-electron chi connectivity index (χ3n) is 17.0. The van der Waals surface area contributed by atoms with Gasteiger partial charge in [0.15, 0.2) is 0 Å². The van der Waals surface area contributed by atoms with Gasteiger partial charge in [0.2, 0.25) is 0 Å². The summed E-state index contributed by atoms with van der Waals surface area (Å²) >= 11 is 0. The van der Waals surface area contributed by atoms with Crippen LogP contribution in [0, 0.1) is 62.1 Å². The average molecular weight is 695 g/mol. The molecule has 0 aliphatic heterocycles. The molecule has 6 aliphatic carbocycles. The van der Waals surface area contributed by atoms with E-state index in [1.54, 1.807) is 0 Å². The zero-order chi connectivity index (χ0) is 36.6. The fourth-order valence-corrected chi connectivity index (χ4v) is 14.3. The van der Waals surface area contributed by atoms with Crippen molar-refractivity contribution in [3.63, 3.8) is 0 Å². The Balaban J connectivity index is 1.14. The first kappa shape index (κ1) is 36.6. The van der Waals surface area contributed by atoms with Crippen LogP contribution in [0.3, 0.4) is 0 Å². The first-order chi connectivity index (χ1) is 24.1. The maximum Gasteiger partial charge on any atom is 0.319 e. The largest absolute Gasteiger partial charge is 0.460 e. The van der Waals surface area contributed by atoms with E-state index in [4.69, 9.17) is 4.74 Å². The van der Waals surface area contributed by atoms with Gasteiger partial charge in [-0.05, 0) is 158 Å². The number of aldehydes is 1. The lowest BCUT2D eigenvalue weighted by atomic mass is 9.32. The summed E-state index contributed by atoms with van der Waals surface area (Å²) in [6.45, 7) is 23.1. The van der Waals surface area contributed by atoms with Crippen LogP contribution in [0.5, 0.6) is 0 Å². The number of halogens is 1. The van der Waals surface area contributed by atoms with Gasteiger partial charge >= 0.3 is 5.97 Å². The lowest BCUT2D eigenvalue weighted by Crippen LogP contribution is -2.65. The van der Waals surface area contributed by atoms with E-state index in [1.807, 2.05) is 30.3 Å². The van der Waals surface area contributed by atoms with Crippen molar-refractivity contribution in [3.8, 4) is 0 Å². The third-order valence-corrected chi connectivity index (χ3v) is 17.0. The van der Waals surface area contributed by atoms with Crippen molar-refractivity contribution in [3.05, 3.63) is 83.8 Å². The summed E-state index contributed by atoms with van der Waals surface area (Å²) in [5.74, 6) is 1.76. The second-order valence-corrected chi connectivity index (χ2v) is 19.5. The molecule has 51 heavy (non-hydrogen) atoms. The van der Waals surface area contributed by atoms with Crippen LogP contribution in [0.4, 0.5) is 4.39 Å². The first-order valence-electron chi connectivity index (χ1n) is 20.1. The smallest absolute Gasteiger partial charge is 0.319 e. The molecular formula is C47H63FO3. The molecule has 4 saturated carbocycles. The Morgan fingerprint density at radius 3 is 2.27 bits per heavy atom. The van der Waals surface area contributed by atoms with Crippen molar-refractivity contribution in [1.29, 1.82) is 0 Å². The molecule has 0 radical (unpaired) electrons. The van der Waals surface area contributed by atoms with Crippen LogP contribution in [0.25, 0.3) is 0 Å². The molecule has 6 aliphatic rings. The van der Waals surface area contributed by atoms with Gasteiger partial charge in [-0.1, -0.05) is 89.3 Å². The molecule has 1 aromatic rings. The molecule has 276 valence electrons. The van der Waals surface area contributed by atoms with Crippen molar-refractivity contribution < 1.29 is 18.7 Å². The number of benzene rings is 1. The predicted octanol–water partition coefficient (Wildman–Crippen LogP) is 12.1. The highest BCUT2D eigenvalue weighted by Gasteiger charge is 2.70. The van der Waals surface area contributed by atoms with E-state index in [0.717, 1.165) is 31.2 Å². The number of ether oxygens (including phenoxy) is 1. The molecule has 4 heteroatoms. The van der Waals surface area contributed by atoms with Crippen molar-refractivity contribution in [2.45, 2.75) is 132 Å². The van der Waals surface area contributed by atoms with Crippen LogP contribution in [-0.2, 0) is 20.9 Å². The van der Waals surface area contributed by atoms with E-state index >= 15 is 4.39 Å². The van der Waals surface area contributed by atoms with Crippen molar-refractivity contribution in [2.75, 3.05) is 0 Å². The summed E-state index contributed by atoms with van der Waals surface area (Å²) in [5, 5.41) is 0. The van der Waals surface area contributed by atoms with Crippen molar-refractivity contribution >= 4 is 12.3 Å². The van der Waals surface area contributed by atoms with Gasteiger partial charge in [0, 0.05) is 5.41 Å². The number of fused-ring (bicyclic) bond motifs is 7. The highest BCUT2D eigenvalue weighted by molar-refractivity contribution is 5.80. The molecule has 0 saturated heterocycles. The molecule has 0 bridgehead atoms. The summed E-state index contributed by atoms with van der Waals surface area (Å²) in [4.78, 5) is 26.4. The second-order valence-electron chi connectivity index (χ2n) is 19.5. The lowest BCUT2D eigenvalue weighted by Gasteiger charge is -2.72. The van der Waals surface area contributed by atoms with E-state index in [0.29, 0.717) is 42.4 Å². The van der Waals surface area contributed by atoms with Gasteiger partial charge < -0.3 is 9.53 Å². The maximum atomic E-state index is 15.2. The molecule has 10 atom stereocenters. The molecule has 0 amide bonds. The maximum absolute atomic E-state index is 15.2. The SMILES string of the molecule is C=C(C)CC1CCC2(C=O)CCC3(C)C(CCC4C5(C)CC=C(C6=CCC(C(=C)F)(C(=O)OCc7ccccc7)CC6)C(C)(C)C5CCC43C)C12.